The predicted octanol–water partition coefficient (Wildman–Crippen LogP) is 0.675. The van der Waals surface area contributed by atoms with Crippen LogP contribution in [0.15, 0.2) is 18.2 Å². The zero-order valence-corrected chi connectivity index (χ0v) is 6.98. The molecule has 0 aliphatic rings. The number of nitrogens with zero attached hydrogens (tertiary/aromatic N) is 3. The molecule has 0 unspecified atom stereocenters. The molecule has 0 amide bonds. The first-order chi connectivity index (χ1) is 6.40. The Morgan fingerprint density at radius 3 is 2.92 bits per heavy atom. The molecule has 0 atom stereocenters. The number of rotatable bonds is 2. The van der Waals surface area contributed by atoms with E-state index in [1.807, 2.05) is 6.07 Å². The van der Waals surface area contributed by atoms with Gasteiger partial charge < -0.3 is 4.74 Å². The van der Waals surface area contributed by atoms with Crippen LogP contribution in [-0.4, -0.2) is 27.7 Å². The third kappa shape index (κ3) is 1.48. The highest BCUT2D eigenvalue weighted by Gasteiger charge is 2.00. The standard InChI is InChI=1S/C8H7N4O/c1-13-7-4-2-6(3-5-7)8-9-11-12-10-8/h2-4H,1H3,(H,9,10,11,12). The summed E-state index contributed by atoms with van der Waals surface area (Å²) in [6.45, 7) is 0. The Morgan fingerprint density at radius 1 is 1.46 bits per heavy atom. The van der Waals surface area contributed by atoms with E-state index in [0.29, 0.717) is 11.6 Å². The maximum absolute atomic E-state index is 4.97. The van der Waals surface area contributed by atoms with E-state index in [0.717, 1.165) is 5.56 Å². The smallest absolute Gasteiger partial charge is 0.179 e. The number of H-pyrrole nitrogens is 1. The minimum atomic E-state index is 0.624. The summed E-state index contributed by atoms with van der Waals surface area (Å²) in [5, 5.41) is 13.4. The quantitative estimate of drug-likeness (QED) is 0.728. The molecular weight excluding hydrogens is 168 g/mol. The van der Waals surface area contributed by atoms with Crippen LogP contribution in [-0.2, 0) is 0 Å². The Kier molecular flexibility index (Phi) is 1.91. The van der Waals surface area contributed by atoms with Crippen LogP contribution in [0.4, 0.5) is 0 Å². The molecule has 0 spiro atoms. The van der Waals surface area contributed by atoms with Gasteiger partial charge in [0.2, 0.25) is 0 Å². The Morgan fingerprint density at radius 2 is 2.38 bits per heavy atom. The predicted molar refractivity (Wildman–Crippen MR) is 45.0 cm³/mol. The van der Waals surface area contributed by atoms with Crippen molar-refractivity contribution in [2.75, 3.05) is 7.11 Å². The molecule has 65 valence electrons. The van der Waals surface area contributed by atoms with Crippen LogP contribution in [0.5, 0.6) is 5.75 Å². The highest BCUT2D eigenvalue weighted by atomic mass is 16.5. The first kappa shape index (κ1) is 7.72. The van der Waals surface area contributed by atoms with E-state index in [1.165, 1.54) is 0 Å². The van der Waals surface area contributed by atoms with Gasteiger partial charge in [-0.05, 0) is 28.6 Å². The molecule has 0 aliphatic carbocycles. The van der Waals surface area contributed by atoms with E-state index in [1.54, 1.807) is 19.2 Å². The summed E-state index contributed by atoms with van der Waals surface area (Å²) in [6, 6.07) is 8.36. The lowest BCUT2D eigenvalue weighted by atomic mass is 10.2. The number of aromatic amines is 1. The molecule has 1 heterocycles. The first-order valence-corrected chi connectivity index (χ1v) is 3.70. The summed E-state index contributed by atoms with van der Waals surface area (Å²) < 4.78 is 4.97. The van der Waals surface area contributed by atoms with Crippen LogP contribution in [0, 0.1) is 6.07 Å². The molecule has 5 heteroatoms. The molecule has 5 nitrogen and oxygen atoms in total. The topological polar surface area (TPSA) is 63.7 Å². The third-order valence-corrected chi connectivity index (χ3v) is 1.62. The van der Waals surface area contributed by atoms with Crippen LogP contribution in [0.3, 0.4) is 0 Å². The molecule has 2 rings (SSSR count). The van der Waals surface area contributed by atoms with E-state index < -0.39 is 0 Å². The molecule has 1 N–H and O–H groups in total. The summed E-state index contributed by atoms with van der Waals surface area (Å²) in [5.41, 5.74) is 0.880. The fraction of sp³-hybridized carbons (Fsp3) is 0.125. The molecule has 1 aromatic carbocycles. The van der Waals surface area contributed by atoms with Crippen molar-refractivity contribution in [3.05, 3.63) is 24.3 Å². The molecule has 0 saturated heterocycles. The van der Waals surface area contributed by atoms with Crippen molar-refractivity contribution in [2.45, 2.75) is 0 Å². The number of aromatic nitrogens is 4. The largest absolute Gasteiger partial charge is 0.496 e. The lowest BCUT2D eigenvalue weighted by molar-refractivity contribution is 0.414. The molecular formula is C8H7N4O. The zero-order chi connectivity index (χ0) is 9.10. The Labute approximate surface area is 74.7 Å². The number of hydrogen-bond donors (Lipinski definition) is 1. The lowest BCUT2D eigenvalue weighted by Crippen LogP contribution is -1.84. The van der Waals surface area contributed by atoms with Gasteiger partial charge in [0, 0.05) is 11.6 Å². The van der Waals surface area contributed by atoms with Crippen molar-refractivity contribution in [1.29, 1.82) is 0 Å². The van der Waals surface area contributed by atoms with Gasteiger partial charge in [-0.15, -0.1) is 5.10 Å². The van der Waals surface area contributed by atoms with Crippen LogP contribution >= 0.6 is 0 Å². The van der Waals surface area contributed by atoms with E-state index in [2.05, 4.69) is 26.7 Å². The number of benzene rings is 1. The first-order valence-electron chi connectivity index (χ1n) is 3.70. The van der Waals surface area contributed by atoms with Gasteiger partial charge in [-0.3, -0.25) is 0 Å². The summed E-state index contributed by atoms with van der Waals surface area (Å²) in [5.74, 6) is 1.31. The molecule has 0 bridgehead atoms. The van der Waals surface area contributed by atoms with Crippen molar-refractivity contribution in [2.24, 2.45) is 0 Å². The summed E-state index contributed by atoms with van der Waals surface area (Å²) >= 11 is 0. The second-order valence-corrected chi connectivity index (χ2v) is 2.40. The van der Waals surface area contributed by atoms with Crippen LogP contribution in [0.1, 0.15) is 0 Å². The number of tetrazole rings is 1. The van der Waals surface area contributed by atoms with Gasteiger partial charge in [-0.2, -0.15) is 0 Å². The number of methoxy groups -OCH3 is 1. The highest BCUT2D eigenvalue weighted by molar-refractivity contribution is 5.54. The van der Waals surface area contributed by atoms with Crippen LogP contribution < -0.4 is 4.74 Å². The molecule has 0 fully saturated rings. The highest BCUT2D eigenvalue weighted by Crippen LogP contribution is 2.16. The summed E-state index contributed by atoms with van der Waals surface area (Å²) in [4.78, 5) is 0. The second kappa shape index (κ2) is 3.22. The Bertz CT molecular complexity index is 368. The molecule has 13 heavy (non-hydrogen) atoms. The Balaban J connectivity index is 2.33. The van der Waals surface area contributed by atoms with Gasteiger partial charge in [0.25, 0.3) is 0 Å². The van der Waals surface area contributed by atoms with E-state index in [4.69, 9.17) is 4.74 Å². The van der Waals surface area contributed by atoms with E-state index in [9.17, 15) is 0 Å². The monoisotopic (exact) mass is 175 g/mol. The fourth-order valence-corrected chi connectivity index (χ4v) is 0.966. The van der Waals surface area contributed by atoms with Gasteiger partial charge in [0.05, 0.1) is 7.11 Å². The van der Waals surface area contributed by atoms with Crippen molar-refractivity contribution in [1.82, 2.24) is 20.6 Å². The maximum atomic E-state index is 4.97. The van der Waals surface area contributed by atoms with E-state index >= 15 is 0 Å². The average molecular weight is 175 g/mol. The van der Waals surface area contributed by atoms with Crippen molar-refractivity contribution >= 4 is 0 Å². The fourth-order valence-electron chi connectivity index (χ4n) is 0.966. The number of nitrogens with one attached hydrogen (secondary N) is 1. The van der Waals surface area contributed by atoms with Crippen LogP contribution in [0.2, 0.25) is 0 Å². The normalized spacial score (nSPS) is 9.92. The maximum Gasteiger partial charge on any atom is 0.179 e. The number of hydrogen-bond acceptors (Lipinski definition) is 4. The van der Waals surface area contributed by atoms with Crippen molar-refractivity contribution in [3.63, 3.8) is 0 Å². The minimum Gasteiger partial charge on any atom is -0.496 e. The van der Waals surface area contributed by atoms with E-state index in [-0.39, 0.29) is 0 Å². The van der Waals surface area contributed by atoms with Gasteiger partial charge in [-0.25, -0.2) is 5.10 Å². The minimum absolute atomic E-state index is 0.624. The molecule has 0 aliphatic heterocycles. The van der Waals surface area contributed by atoms with Gasteiger partial charge >= 0.3 is 0 Å². The third-order valence-electron chi connectivity index (χ3n) is 1.62. The van der Waals surface area contributed by atoms with Gasteiger partial charge in [0.1, 0.15) is 5.75 Å². The van der Waals surface area contributed by atoms with Gasteiger partial charge in [-0.1, -0.05) is 0 Å². The lowest BCUT2D eigenvalue weighted by Gasteiger charge is -1.98. The van der Waals surface area contributed by atoms with Crippen molar-refractivity contribution < 1.29 is 4.74 Å². The van der Waals surface area contributed by atoms with Crippen LogP contribution in [0.25, 0.3) is 11.4 Å². The summed E-state index contributed by atoms with van der Waals surface area (Å²) in [7, 11) is 1.60. The zero-order valence-electron chi connectivity index (χ0n) is 6.98. The van der Waals surface area contributed by atoms with Gasteiger partial charge in [0.15, 0.2) is 5.82 Å². The SMILES string of the molecule is COc1[c]cc(-c2nnn[nH]2)cc1. The molecule has 1 radical (unpaired) electrons. The Hall–Kier alpha value is -1.91. The molecule has 0 saturated carbocycles. The summed E-state index contributed by atoms with van der Waals surface area (Å²) in [6.07, 6.45) is 0. The van der Waals surface area contributed by atoms with Crippen molar-refractivity contribution in [3.8, 4) is 17.1 Å². The molecule has 2 aromatic rings. The molecule has 1 aromatic heterocycles. The average Bonchev–Trinajstić information content (AvgIpc) is 2.71. The second-order valence-electron chi connectivity index (χ2n) is 2.40. The number of ether oxygens (including phenoxy) is 1.